The Morgan fingerprint density at radius 1 is 1.00 bits per heavy atom. The second-order valence-electron chi connectivity index (χ2n) is 4.81. The van der Waals surface area contributed by atoms with E-state index in [1.165, 1.54) is 14.2 Å². The highest BCUT2D eigenvalue weighted by molar-refractivity contribution is 6.04. The Balaban J connectivity index is 2.01. The standard InChI is InChI=1S/C13H14O4/c1-16-12(14)10-8-6-3-4-7(5-6)9(8)11(10)13(15)17-2/h3-4,6-9H,5H2,1-2H3/t6-,7-,8-,9-/m0/s1. The first-order valence-electron chi connectivity index (χ1n) is 5.78. The summed E-state index contributed by atoms with van der Waals surface area (Å²) in [7, 11) is 2.70. The third-order valence-electron chi connectivity index (χ3n) is 4.23. The van der Waals surface area contributed by atoms with Crippen LogP contribution in [-0.2, 0) is 19.1 Å². The topological polar surface area (TPSA) is 52.6 Å². The molecule has 0 radical (unpaired) electrons. The third-order valence-corrected chi connectivity index (χ3v) is 4.23. The van der Waals surface area contributed by atoms with Crippen LogP contribution in [0.4, 0.5) is 0 Å². The molecule has 0 spiro atoms. The van der Waals surface area contributed by atoms with E-state index in [1.54, 1.807) is 0 Å². The molecule has 0 unspecified atom stereocenters. The molecule has 3 aliphatic rings. The first kappa shape index (κ1) is 10.6. The summed E-state index contributed by atoms with van der Waals surface area (Å²) in [6.07, 6.45) is 5.35. The average molecular weight is 234 g/mol. The van der Waals surface area contributed by atoms with Crippen molar-refractivity contribution in [2.45, 2.75) is 6.42 Å². The van der Waals surface area contributed by atoms with Gasteiger partial charge in [-0.1, -0.05) is 12.2 Å². The van der Waals surface area contributed by atoms with E-state index in [1.807, 2.05) is 0 Å². The quantitative estimate of drug-likeness (QED) is 0.530. The summed E-state index contributed by atoms with van der Waals surface area (Å²) in [6.45, 7) is 0. The van der Waals surface area contributed by atoms with E-state index in [2.05, 4.69) is 12.2 Å². The molecule has 1 saturated carbocycles. The SMILES string of the molecule is COC(=O)C1=C(C(=O)OC)[C@@H]2[C@@H]1[C@H]1C=C[C@H]2C1. The Bertz CT molecular complexity index is 420. The highest BCUT2D eigenvalue weighted by atomic mass is 16.5. The number of hydrogen-bond donors (Lipinski definition) is 0. The summed E-state index contributed by atoms with van der Waals surface area (Å²) >= 11 is 0. The maximum atomic E-state index is 11.7. The van der Waals surface area contributed by atoms with E-state index in [9.17, 15) is 9.59 Å². The number of esters is 2. The molecule has 0 saturated heterocycles. The van der Waals surface area contributed by atoms with Gasteiger partial charge in [0.2, 0.25) is 0 Å². The molecule has 1 fully saturated rings. The largest absolute Gasteiger partial charge is 0.466 e. The number of ether oxygens (including phenoxy) is 2. The van der Waals surface area contributed by atoms with Crippen LogP contribution in [-0.4, -0.2) is 26.2 Å². The molecule has 4 nitrogen and oxygen atoms in total. The highest BCUT2D eigenvalue weighted by Gasteiger charge is 2.59. The molecule has 3 aliphatic carbocycles. The van der Waals surface area contributed by atoms with Crippen LogP contribution in [0.3, 0.4) is 0 Å². The molecule has 0 heterocycles. The van der Waals surface area contributed by atoms with Gasteiger partial charge in [-0.3, -0.25) is 0 Å². The molecule has 0 aromatic rings. The minimum atomic E-state index is -0.382. The van der Waals surface area contributed by atoms with E-state index in [-0.39, 0.29) is 23.8 Å². The molecular formula is C13H14O4. The van der Waals surface area contributed by atoms with E-state index in [4.69, 9.17) is 9.47 Å². The summed E-state index contributed by atoms with van der Waals surface area (Å²) in [5, 5.41) is 0. The lowest BCUT2D eigenvalue weighted by atomic mass is 9.63. The Labute approximate surface area is 99.3 Å². The fourth-order valence-corrected chi connectivity index (χ4v) is 3.58. The maximum Gasteiger partial charge on any atom is 0.334 e. The van der Waals surface area contributed by atoms with Gasteiger partial charge in [0.1, 0.15) is 0 Å². The van der Waals surface area contributed by atoms with E-state index < -0.39 is 0 Å². The van der Waals surface area contributed by atoms with Crippen molar-refractivity contribution >= 4 is 11.9 Å². The van der Waals surface area contributed by atoms with Crippen molar-refractivity contribution in [2.24, 2.45) is 23.7 Å². The zero-order valence-corrected chi connectivity index (χ0v) is 9.80. The number of rotatable bonds is 2. The van der Waals surface area contributed by atoms with Crippen molar-refractivity contribution in [3.63, 3.8) is 0 Å². The van der Waals surface area contributed by atoms with Crippen LogP contribution in [0.5, 0.6) is 0 Å². The van der Waals surface area contributed by atoms with Crippen molar-refractivity contribution in [2.75, 3.05) is 14.2 Å². The monoisotopic (exact) mass is 234 g/mol. The smallest absolute Gasteiger partial charge is 0.334 e. The molecule has 0 amide bonds. The Kier molecular flexibility index (Phi) is 2.15. The molecule has 3 rings (SSSR count). The first-order chi connectivity index (χ1) is 8.19. The van der Waals surface area contributed by atoms with Gasteiger partial charge in [-0.25, -0.2) is 9.59 Å². The second-order valence-corrected chi connectivity index (χ2v) is 4.81. The molecular weight excluding hydrogens is 220 g/mol. The lowest BCUT2D eigenvalue weighted by Gasteiger charge is -2.40. The van der Waals surface area contributed by atoms with Crippen LogP contribution in [0.2, 0.25) is 0 Å². The lowest BCUT2D eigenvalue weighted by molar-refractivity contribution is -0.142. The maximum absolute atomic E-state index is 11.7. The molecule has 4 heteroatoms. The fourth-order valence-electron chi connectivity index (χ4n) is 3.58. The summed E-state index contributed by atoms with van der Waals surface area (Å²) in [5.41, 5.74) is 1.09. The van der Waals surface area contributed by atoms with Crippen LogP contribution >= 0.6 is 0 Å². The van der Waals surface area contributed by atoms with Crippen LogP contribution in [0.1, 0.15) is 6.42 Å². The molecule has 2 bridgehead atoms. The van der Waals surface area contributed by atoms with Gasteiger partial charge >= 0.3 is 11.9 Å². The number of carbonyl (C=O) groups is 2. The van der Waals surface area contributed by atoms with E-state index in [0.29, 0.717) is 23.0 Å². The predicted molar refractivity (Wildman–Crippen MR) is 58.8 cm³/mol. The summed E-state index contributed by atoms with van der Waals surface area (Å²) in [5.74, 6) is 0.373. The van der Waals surface area contributed by atoms with Crippen molar-refractivity contribution in [1.82, 2.24) is 0 Å². The Morgan fingerprint density at radius 3 is 1.76 bits per heavy atom. The molecule has 0 aromatic carbocycles. The van der Waals surface area contributed by atoms with Crippen LogP contribution in [0.25, 0.3) is 0 Å². The molecule has 17 heavy (non-hydrogen) atoms. The summed E-state index contributed by atoms with van der Waals surface area (Å²) in [4.78, 5) is 23.5. The zero-order chi connectivity index (χ0) is 12.2. The molecule has 0 N–H and O–H groups in total. The van der Waals surface area contributed by atoms with Gasteiger partial charge in [-0.05, 0) is 18.3 Å². The minimum Gasteiger partial charge on any atom is -0.466 e. The van der Waals surface area contributed by atoms with Crippen LogP contribution in [0.15, 0.2) is 23.3 Å². The number of methoxy groups -OCH3 is 2. The lowest BCUT2D eigenvalue weighted by Crippen LogP contribution is -2.41. The zero-order valence-electron chi connectivity index (χ0n) is 9.80. The number of fused-ring (bicyclic) bond motifs is 5. The van der Waals surface area contributed by atoms with Gasteiger partial charge in [0.25, 0.3) is 0 Å². The van der Waals surface area contributed by atoms with Gasteiger partial charge in [0.15, 0.2) is 0 Å². The number of hydrogen-bond acceptors (Lipinski definition) is 4. The van der Waals surface area contributed by atoms with Gasteiger partial charge in [0.05, 0.1) is 25.4 Å². The second kappa shape index (κ2) is 3.45. The predicted octanol–water partition coefficient (Wildman–Crippen LogP) is 1.08. The average Bonchev–Trinajstić information content (AvgIpc) is 2.86. The fraction of sp³-hybridized carbons (Fsp3) is 0.538. The number of carbonyl (C=O) groups excluding carboxylic acids is 2. The molecule has 0 aliphatic heterocycles. The molecule has 90 valence electrons. The van der Waals surface area contributed by atoms with Gasteiger partial charge in [0, 0.05) is 11.8 Å². The summed E-state index contributed by atoms with van der Waals surface area (Å²) < 4.78 is 9.53. The first-order valence-corrected chi connectivity index (χ1v) is 5.78. The Morgan fingerprint density at radius 2 is 1.41 bits per heavy atom. The highest BCUT2D eigenvalue weighted by Crippen LogP contribution is 2.61. The van der Waals surface area contributed by atoms with Crippen LogP contribution in [0, 0.1) is 23.7 Å². The minimum absolute atomic E-state index is 0.173. The van der Waals surface area contributed by atoms with Crippen molar-refractivity contribution in [3.8, 4) is 0 Å². The van der Waals surface area contributed by atoms with E-state index >= 15 is 0 Å². The van der Waals surface area contributed by atoms with E-state index in [0.717, 1.165) is 6.42 Å². The van der Waals surface area contributed by atoms with Gasteiger partial charge in [-0.2, -0.15) is 0 Å². The normalized spacial score (nSPS) is 36.6. The van der Waals surface area contributed by atoms with Crippen LogP contribution < -0.4 is 0 Å². The summed E-state index contributed by atoms with van der Waals surface area (Å²) in [6, 6.07) is 0. The van der Waals surface area contributed by atoms with Crippen molar-refractivity contribution in [3.05, 3.63) is 23.3 Å². The Hall–Kier alpha value is -1.58. The van der Waals surface area contributed by atoms with Gasteiger partial charge in [-0.15, -0.1) is 0 Å². The molecule has 4 atom stereocenters. The molecule has 0 aromatic heterocycles. The van der Waals surface area contributed by atoms with Crippen molar-refractivity contribution < 1.29 is 19.1 Å². The van der Waals surface area contributed by atoms with Gasteiger partial charge < -0.3 is 9.47 Å². The van der Waals surface area contributed by atoms with Crippen molar-refractivity contribution in [1.29, 1.82) is 0 Å². The third kappa shape index (κ3) is 1.18. The number of allylic oxidation sites excluding steroid dienone is 2.